The predicted octanol–water partition coefficient (Wildman–Crippen LogP) is 0.0696. The zero-order valence-electron chi connectivity index (χ0n) is 2.46. The van der Waals surface area contributed by atoms with Crippen LogP contribution in [0.2, 0.25) is 0 Å². The molecule has 0 fully saturated rings. The van der Waals surface area contributed by atoms with Crippen LogP contribution < -0.4 is 0 Å². The average Bonchev–Trinajstić information content (AvgIpc) is 1.76. The van der Waals surface area contributed by atoms with Gasteiger partial charge in [0.05, 0.1) is 12.4 Å². The third kappa shape index (κ3) is 0.238. The molecule has 3 heteroatoms. The summed E-state index contributed by atoms with van der Waals surface area (Å²) in [6.07, 6.45) is 2.94. The molecule has 0 aliphatic heterocycles. The zero-order valence-corrected chi connectivity index (χ0v) is 2.46. The zero-order chi connectivity index (χ0) is 3.54. The molecular weight excluding hydrogens is 68.0 g/mol. The van der Waals surface area contributed by atoms with Crippen molar-refractivity contribution in [3.8, 4) is 0 Å². The van der Waals surface area contributed by atoms with Gasteiger partial charge >= 0.3 is 0 Å². The lowest BCUT2D eigenvalue weighted by Crippen LogP contribution is -1.44. The Labute approximate surface area is 28.6 Å². The van der Waals surface area contributed by atoms with Crippen LogP contribution in [0, 0.1) is 0 Å². The molecule has 0 saturated heterocycles. The van der Waals surface area contributed by atoms with Crippen molar-refractivity contribution in [2.45, 2.75) is 0 Å². The Balaban J connectivity index is 3.13. The second kappa shape index (κ2) is 0.839. The summed E-state index contributed by atoms with van der Waals surface area (Å²) in [6, 6.07) is 0. The molecule has 0 aromatic carbocycles. The highest BCUT2D eigenvalue weighted by atomic mass is 16.6. The van der Waals surface area contributed by atoms with Crippen molar-refractivity contribution < 1.29 is 4.63 Å². The molecular formula is C2H2N2O. The third-order valence-corrected chi connectivity index (χ3v) is 0.283. The minimum atomic E-state index is 1.47. The summed E-state index contributed by atoms with van der Waals surface area (Å²) in [5.41, 5.74) is 0. The Morgan fingerprint density at radius 1 is 1.20 bits per heavy atom. The van der Waals surface area contributed by atoms with Gasteiger partial charge in [-0.1, -0.05) is 10.3 Å². The van der Waals surface area contributed by atoms with E-state index in [-0.39, 0.29) is 0 Å². The third-order valence-electron chi connectivity index (χ3n) is 0.283. The van der Waals surface area contributed by atoms with E-state index in [0.717, 1.165) is 0 Å². The lowest BCUT2D eigenvalue weighted by Gasteiger charge is -1.45. The summed E-state index contributed by atoms with van der Waals surface area (Å²) < 4.78 is 4.08. The maximum atomic E-state index is 4.08. The maximum Gasteiger partial charge on any atom is 0.0913 e. The Morgan fingerprint density at radius 2 is 1.80 bits per heavy atom. The van der Waals surface area contributed by atoms with E-state index in [1.165, 1.54) is 12.4 Å². The fraction of sp³-hybridized carbons (Fsp3) is 0. The van der Waals surface area contributed by atoms with Gasteiger partial charge in [0.25, 0.3) is 0 Å². The van der Waals surface area contributed by atoms with E-state index in [0.29, 0.717) is 0 Å². The van der Waals surface area contributed by atoms with Crippen LogP contribution in [-0.4, -0.2) is 10.3 Å². The Morgan fingerprint density at radius 3 is 2.00 bits per heavy atom. The summed E-state index contributed by atoms with van der Waals surface area (Å²) >= 11 is 0. The first-order valence-electron chi connectivity index (χ1n) is 1.21. The second-order valence-corrected chi connectivity index (χ2v) is 0.591. The van der Waals surface area contributed by atoms with E-state index in [9.17, 15) is 0 Å². The van der Waals surface area contributed by atoms with E-state index in [2.05, 4.69) is 14.9 Å². The number of rotatable bonds is 0. The minimum Gasteiger partial charge on any atom is -0.245 e. The van der Waals surface area contributed by atoms with E-state index < -0.39 is 0 Å². The minimum absolute atomic E-state index is 1.47. The molecule has 0 atom stereocenters. The molecule has 0 amide bonds. The van der Waals surface area contributed by atoms with E-state index in [4.69, 9.17) is 0 Å². The smallest absolute Gasteiger partial charge is 0.0913 e. The van der Waals surface area contributed by atoms with Gasteiger partial charge in [0.15, 0.2) is 0 Å². The van der Waals surface area contributed by atoms with Crippen LogP contribution in [0.3, 0.4) is 0 Å². The Bertz CT molecular complexity index is 64.1. The van der Waals surface area contributed by atoms with Gasteiger partial charge in [-0.25, -0.2) is 4.63 Å². The van der Waals surface area contributed by atoms with Crippen molar-refractivity contribution in [3.05, 3.63) is 12.4 Å². The van der Waals surface area contributed by atoms with Gasteiger partial charge in [-0.3, -0.25) is 0 Å². The average molecular weight is 70.1 g/mol. The SMILES string of the molecule is c1cnon1. The topological polar surface area (TPSA) is 38.9 Å². The molecule has 1 heterocycles. The lowest BCUT2D eigenvalue weighted by atomic mass is 11.0. The van der Waals surface area contributed by atoms with Crippen molar-refractivity contribution >= 4 is 0 Å². The summed E-state index contributed by atoms with van der Waals surface area (Å²) in [5.74, 6) is 0. The molecule has 0 aliphatic carbocycles. The molecule has 0 radical (unpaired) electrons. The van der Waals surface area contributed by atoms with Gasteiger partial charge in [-0.15, -0.1) is 0 Å². The van der Waals surface area contributed by atoms with Gasteiger partial charge in [-0.05, 0) is 0 Å². The molecule has 0 spiro atoms. The summed E-state index contributed by atoms with van der Waals surface area (Å²) in [7, 11) is 0. The van der Waals surface area contributed by atoms with Gasteiger partial charge < -0.3 is 0 Å². The molecule has 1 aromatic heterocycles. The van der Waals surface area contributed by atoms with Crippen LogP contribution in [-0.2, 0) is 0 Å². The van der Waals surface area contributed by atoms with Crippen molar-refractivity contribution in [2.24, 2.45) is 0 Å². The highest BCUT2D eigenvalue weighted by Crippen LogP contribution is 1.62. The normalized spacial score (nSPS) is 8.00. The summed E-state index contributed by atoms with van der Waals surface area (Å²) in [4.78, 5) is 0. The van der Waals surface area contributed by atoms with Crippen molar-refractivity contribution in [3.63, 3.8) is 0 Å². The first-order chi connectivity index (χ1) is 2.50. The number of hydrogen-bond donors (Lipinski definition) is 0. The van der Waals surface area contributed by atoms with Crippen LogP contribution >= 0.6 is 0 Å². The van der Waals surface area contributed by atoms with Crippen LogP contribution in [0.25, 0.3) is 0 Å². The molecule has 0 N–H and O–H groups in total. The molecule has 0 saturated carbocycles. The molecule has 1 rings (SSSR count). The van der Waals surface area contributed by atoms with Crippen molar-refractivity contribution in [1.29, 1.82) is 0 Å². The van der Waals surface area contributed by atoms with Gasteiger partial charge in [0.2, 0.25) is 0 Å². The Hall–Kier alpha value is -0.860. The van der Waals surface area contributed by atoms with Crippen LogP contribution in [0.4, 0.5) is 0 Å². The first-order valence-corrected chi connectivity index (χ1v) is 1.21. The van der Waals surface area contributed by atoms with Crippen molar-refractivity contribution in [2.75, 3.05) is 0 Å². The van der Waals surface area contributed by atoms with Crippen molar-refractivity contribution in [1.82, 2.24) is 10.3 Å². The first kappa shape index (κ1) is 2.38. The largest absolute Gasteiger partial charge is 0.245 e. The lowest BCUT2D eigenvalue weighted by molar-refractivity contribution is 0.307. The van der Waals surface area contributed by atoms with Gasteiger partial charge in [-0.2, -0.15) is 0 Å². The summed E-state index contributed by atoms with van der Waals surface area (Å²) in [5, 5.41) is 6.47. The molecule has 26 valence electrons. The standard InChI is InChI=1S/C2H2N2O/c1-2-4-5-3-1/h1-2H. The fourth-order valence-corrected chi connectivity index (χ4v) is 0.136. The van der Waals surface area contributed by atoms with E-state index in [1.54, 1.807) is 0 Å². The van der Waals surface area contributed by atoms with Crippen LogP contribution in [0.15, 0.2) is 17.0 Å². The van der Waals surface area contributed by atoms with Crippen LogP contribution in [0.5, 0.6) is 0 Å². The molecule has 1 aromatic rings. The number of hydrogen-bond acceptors (Lipinski definition) is 3. The van der Waals surface area contributed by atoms with Gasteiger partial charge in [0.1, 0.15) is 0 Å². The fourth-order valence-electron chi connectivity index (χ4n) is 0.136. The monoisotopic (exact) mass is 70.0 g/mol. The maximum absolute atomic E-state index is 4.08. The van der Waals surface area contributed by atoms with Gasteiger partial charge in [0, 0.05) is 0 Å². The van der Waals surface area contributed by atoms with E-state index >= 15 is 0 Å². The Kier molecular flexibility index (Phi) is 0.400. The number of aromatic nitrogens is 2. The van der Waals surface area contributed by atoms with Crippen LogP contribution in [0.1, 0.15) is 0 Å². The highest BCUT2D eigenvalue weighted by molar-refractivity contribution is 4.51. The summed E-state index contributed by atoms with van der Waals surface area (Å²) in [6.45, 7) is 0. The molecule has 0 unspecified atom stereocenters. The predicted molar refractivity (Wildman–Crippen MR) is 14.3 cm³/mol. The highest BCUT2D eigenvalue weighted by Gasteiger charge is 1.61. The number of nitrogens with zero attached hydrogens (tertiary/aromatic N) is 2. The molecule has 0 bridgehead atoms. The molecule has 5 heavy (non-hydrogen) atoms. The van der Waals surface area contributed by atoms with E-state index in [1.807, 2.05) is 0 Å². The molecule has 3 nitrogen and oxygen atoms in total. The quantitative estimate of drug-likeness (QED) is 0.433. The second-order valence-electron chi connectivity index (χ2n) is 0.591. The molecule has 0 aliphatic rings.